The summed E-state index contributed by atoms with van der Waals surface area (Å²) in [6.07, 6.45) is 5.38. The second-order valence-corrected chi connectivity index (χ2v) is 6.95. The summed E-state index contributed by atoms with van der Waals surface area (Å²) in [7, 11) is 1.76. The summed E-state index contributed by atoms with van der Waals surface area (Å²) in [5.41, 5.74) is 1.28. The van der Waals surface area contributed by atoms with Crippen LogP contribution in [0.3, 0.4) is 0 Å². The van der Waals surface area contributed by atoms with Gasteiger partial charge < -0.3 is 15.5 Å². The molecule has 2 N–H and O–H groups in total. The molecule has 24 heavy (non-hydrogen) atoms. The number of benzene rings is 1. The molecule has 130 valence electrons. The summed E-state index contributed by atoms with van der Waals surface area (Å²) >= 11 is 0. The molecule has 0 bridgehead atoms. The number of hydrogen-bond donors (Lipinski definition) is 2. The maximum Gasteiger partial charge on any atom is 0.253 e. The second-order valence-electron chi connectivity index (χ2n) is 6.95. The van der Waals surface area contributed by atoms with E-state index in [0.29, 0.717) is 23.7 Å². The summed E-state index contributed by atoms with van der Waals surface area (Å²) in [5, 5.41) is 6.42. The van der Waals surface area contributed by atoms with Crippen molar-refractivity contribution in [3.05, 3.63) is 29.8 Å². The van der Waals surface area contributed by atoms with Gasteiger partial charge in [0.05, 0.1) is 11.3 Å². The third-order valence-electron chi connectivity index (χ3n) is 5.00. The van der Waals surface area contributed by atoms with Gasteiger partial charge in [-0.25, -0.2) is 0 Å². The van der Waals surface area contributed by atoms with Gasteiger partial charge in [0, 0.05) is 19.5 Å². The minimum absolute atomic E-state index is 0.0928. The van der Waals surface area contributed by atoms with Crippen molar-refractivity contribution in [3.63, 3.8) is 0 Å². The Kier molecular flexibility index (Phi) is 5.51. The van der Waals surface area contributed by atoms with E-state index in [-0.39, 0.29) is 17.7 Å². The van der Waals surface area contributed by atoms with Crippen molar-refractivity contribution in [1.29, 1.82) is 0 Å². The van der Waals surface area contributed by atoms with Gasteiger partial charge in [-0.1, -0.05) is 12.1 Å². The zero-order valence-electron chi connectivity index (χ0n) is 14.4. The van der Waals surface area contributed by atoms with Crippen molar-refractivity contribution < 1.29 is 9.59 Å². The van der Waals surface area contributed by atoms with Gasteiger partial charge in [-0.05, 0) is 63.2 Å². The van der Waals surface area contributed by atoms with Crippen LogP contribution in [-0.2, 0) is 4.79 Å². The maximum atomic E-state index is 12.6. The fourth-order valence-electron chi connectivity index (χ4n) is 3.34. The Hall–Kier alpha value is -1.88. The highest BCUT2D eigenvalue weighted by molar-refractivity contribution is 6.05. The van der Waals surface area contributed by atoms with Gasteiger partial charge in [0.15, 0.2) is 0 Å². The Balaban J connectivity index is 1.58. The zero-order valence-corrected chi connectivity index (χ0v) is 14.4. The minimum Gasteiger partial charge on any atom is -0.352 e. The largest absolute Gasteiger partial charge is 0.352 e. The number of anilines is 1. The highest BCUT2D eigenvalue weighted by Crippen LogP contribution is 2.33. The number of carbonyl (C=O) groups is 2. The third-order valence-corrected chi connectivity index (χ3v) is 5.00. The number of nitrogens with one attached hydrogen (secondary N) is 2. The van der Waals surface area contributed by atoms with E-state index < -0.39 is 0 Å². The number of rotatable bonds is 6. The molecule has 2 fully saturated rings. The van der Waals surface area contributed by atoms with Crippen molar-refractivity contribution in [1.82, 2.24) is 10.6 Å². The van der Waals surface area contributed by atoms with Crippen LogP contribution in [0, 0.1) is 11.8 Å². The highest BCUT2D eigenvalue weighted by Gasteiger charge is 2.33. The van der Waals surface area contributed by atoms with Crippen LogP contribution in [0.1, 0.15) is 42.5 Å². The number of piperidine rings is 1. The standard InChI is InChI=1S/C19H27N3O2/c1-22(19(24)15-8-9-15)17-7-3-2-6-16(17)18(23)21-12-10-14-5-4-11-20-13-14/h2-3,6-7,14-15,20H,4-5,8-13H2,1H3,(H,21,23). The quantitative estimate of drug-likeness (QED) is 0.841. The summed E-state index contributed by atoms with van der Waals surface area (Å²) in [4.78, 5) is 26.5. The first-order valence-corrected chi connectivity index (χ1v) is 9.02. The van der Waals surface area contributed by atoms with Crippen LogP contribution in [0.15, 0.2) is 24.3 Å². The molecule has 3 rings (SSSR count). The van der Waals surface area contributed by atoms with Crippen molar-refractivity contribution in [2.45, 2.75) is 32.1 Å². The van der Waals surface area contributed by atoms with Crippen molar-refractivity contribution in [2.24, 2.45) is 11.8 Å². The van der Waals surface area contributed by atoms with E-state index in [1.165, 1.54) is 12.8 Å². The Morgan fingerprint density at radius 3 is 2.75 bits per heavy atom. The fraction of sp³-hybridized carbons (Fsp3) is 0.579. The van der Waals surface area contributed by atoms with E-state index in [4.69, 9.17) is 0 Å². The van der Waals surface area contributed by atoms with Crippen LogP contribution in [0.4, 0.5) is 5.69 Å². The molecule has 5 heteroatoms. The van der Waals surface area contributed by atoms with Crippen molar-refractivity contribution >= 4 is 17.5 Å². The van der Waals surface area contributed by atoms with Crippen molar-refractivity contribution in [3.8, 4) is 0 Å². The number of hydrogen-bond acceptors (Lipinski definition) is 3. The first-order valence-electron chi connectivity index (χ1n) is 9.02. The summed E-state index contributed by atoms with van der Waals surface area (Å²) in [5.74, 6) is 0.812. The number of amides is 2. The molecular weight excluding hydrogens is 302 g/mol. The summed E-state index contributed by atoms with van der Waals surface area (Å²) < 4.78 is 0. The Morgan fingerprint density at radius 2 is 2.04 bits per heavy atom. The average molecular weight is 329 g/mol. The molecule has 1 aliphatic heterocycles. The lowest BCUT2D eigenvalue weighted by atomic mass is 9.96. The molecule has 0 radical (unpaired) electrons. The molecular formula is C19H27N3O2. The predicted molar refractivity (Wildman–Crippen MR) is 95.1 cm³/mol. The minimum atomic E-state index is -0.0928. The molecule has 0 aromatic heterocycles. The van der Waals surface area contributed by atoms with E-state index in [1.807, 2.05) is 18.2 Å². The van der Waals surface area contributed by atoms with E-state index in [1.54, 1.807) is 18.0 Å². The number of carbonyl (C=O) groups excluding carboxylic acids is 2. The number of para-hydroxylation sites is 1. The Labute approximate surface area is 143 Å². The predicted octanol–water partition coefficient (Wildman–Crippen LogP) is 2.18. The normalized spacial score (nSPS) is 20.5. The molecule has 1 atom stereocenters. The van der Waals surface area contributed by atoms with E-state index in [9.17, 15) is 9.59 Å². The SMILES string of the molecule is CN(C(=O)C1CC1)c1ccccc1C(=O)NCCC1CCCNC1. The van der Waals surface area contributed by atoms with Crippen LogP contribution in [0.5, 0.6) is 0 Å². The lowest BCUT2D eigenvalue weighted by Crippen LogP contribution is -2.34. The third kappa shape index (κ3) is 4.15. The lowest BCUT2D eigenvalue weighted by molar-refractivity contribution is -0.119. The number of nitrogens with zero attached hydrogens (tertiary/aromatic N) is 1. The molecule has 1 unspecified atom stereocenters. The van der Waals surface area contributed by atoms with Crippen LogP contribution in [-0.4, -0.2) is 38.5 Å². The fourth-order valence-corrected chi connectivity index (χ4v) is 3.34. The first kappa shape index (κ1) is 17.0. The molecule has 1 saturated heterocycles. The van der Waals surface area contributed by atoms with Gasteiger partial charge in [0.2, 0.25) is 5.91 Å². The monoisotopic (exact) mass is 329 g/mol. The lowest BCUT2D eigenvalue weighted by Gasteiger charge is -2.23. The smallest absolute Gasteiger partial charge is 0.253 e. The topological polar surface area (TPSA) is 61.4 Å². The summed E-state index contributed by atoms with van der Waals surface area (Å²) in [6.45, 7) is 2.84. The van der Waals surface area contributed by atoms with Crippen molar-refractivity contribution in [2.75, 3.05) is 31.6 Å². The second kappa shape index (κ2) is 7.79. The first-order chi connectivity index (χ1) is 11.7. The van der Waals surface area contributed by atoms with Gasteiger partial charge in [-0.2, -0.15) is 0 Å². The van der Waals surface area contributed by atoms with Gasteiger partial charge in [0.25, 0.3) is 5.91 Å². The zero-order chi connectivity index (χ0) is 16.9. The molecule has 0 spiro atoms. The van der Waals surface area contributed by atoms with Gasteiger partial charge in [-0.15, -0.1) is 0 Å². The van der Waals surface area contributed by atoms with Crippen LogP contribution in [0.2, 0.25) is 0 Å². The van der Waals surface area contributed by atoms with Gasteiger partial charge in [-0.3, -0.25) is 9.59 Å². The molecule has 1 heterocycles. The molecule has 2 amide bonds. The Morgan fingerprint density at radius 1 is 1.25 bits per heavy atom. The van der Waals surface area contributed by atoms with E-state index >= 15 is 0 Å². The molecule has 5 nitrogen and oxygen atoms in total. The molecule has 1 aliphatic carbocycles. The van der Waals surface area contributed by atoms with Crippen LogP contribution < -0.4 is 15.5 Å². The van der Waals surface area contributed by atoms with Crippen LogP contribution in [0.25, 0.3) is 0 Å². The molecule has 2 aliphatic rings. The highest BCUT2D eigenvalue weighted by atomic mass is 16.2. The molecule has 1 aromatic carbocycles. The maximum absolute atomic E-state index is 12.6. The van der Waals surface area contributed by atoms with Gasteiger partial charge >= 0.3 is 0 Å². The van der Waals surface area contributed by atoms with Crippen LogP contribution >= 0.6 is 0 Å². The molecule has 1 saturated carbocycles. The average Bonchev–Trinajstić information content (AvgIpc) is 3.46. The van der Waals surface area contributed by atoms with Gasteiger partial charge in [0.1, 0.15) is 0 Å². The summed E-state index contributed by atoms with van der Waals surface area (Å²) in [6, 6.07) is 7.36. The van der Waals surface area contributed by atoms with E-state index in [2.05, 4.69) is 10.6 Å². The molecule has 1 aromatic rings. The Bertz CT molecular complexity index is 592. The van der Waals surface area contributed by atoms with E-state index in [0.717, 1.165) is 32.4 Å².